The molecular formula is C24H30N4O2. The van der Waals surface area contributed by atoms with E-state index in [9.17, 15) is 4.79 Å². The molecule has 6 nitrogen and oxygen atoms in total. The SMILES string of the molecule is CCC/C=C/c1cc2c(-c3ccc(CNC(=O)OC(C)(C)C)c(C)c3)ncnn2c1. The number of unbranched alkanes of at least 4 members (excludes halogenated alkanes) is 1. The number of ether oxygens (including phenoxy) is 1. The third kappa shape index (κ3) is 5.47. The van der Waals surface area contributed by atoms with Gasteiger partial charge in [0.05, 0.1) is 11.2 Å². The van der Waals surface area contributed by atoms with E-state index in [-0.39, 0.29) is 0 Å². The summed E-state index contributed by atoms with van der Waals surface area (Å²) in [5, 5.41) is 7.16. The van der Waals surface area contributed by atoms with Crippen LogP contribution in [0.25, 0.3) is 22.9 Å². The van der Waals surface area contributed by atoms with Crippen LogP contribution in [-0.4, -0.2) is 26.3 Å². The second kappa shape index (κ2) is 9.11. The van der Waals surface area contributed by atoms with Crippen LogP contribution < -0.4 is 5.32 Å². The molecule has 0 unspecified atom stereocenters. The van der Waals surface area contributed by atoms with Crippen LogP contribution in [0.15, 0.2) is 42.9 Å². The first-order valence-corrected chi connectivity index (χ1v) is 10.3. The molecule has 0 saturated heterocycles. The van der Waals surface area contributed by atoms with Crippen LogP contribution in [0, 0.1) is 6.92 Å². The minimum absolute atomic E-state index is 0.414. The van der Waals surface area contributed by atoms with Gasteiger partial charge in [0.25, 0.3) is 0 Å². The molecule has 6 heteroatoms. The normalized spacial score (nSPS) is 11.9. The molecule has 0 atom stereocenters. The van der Waals surface area contributed by atoms with E-state index in [0.29, 0.717) is 6.54 Å². The predicted octanol–water partition coefficient (Wildman–Crippen LogP) is 5.54. The van der Waals surface area contributed by atoms with Crippen LogP contribution in [0.4, 0.5) is 4.79 Å². The van der Waals surface area contributed by atoms with Crippen LogP contribution in [0.1, 0.15) is 57.2 Å². The van der Waals surface area contributed by atoms with Gasteiger partial charge in [-0.25, -0.2) is 14.3 Å². The molecule has 0 aliphatic rings. The number of nitrogens with one attached hydrogen (secondary N) is 1. The van der Waals surface area contributed by atoms with Crippen molar-refractivity contribution >= 4 is 17.7 Å². The van der Waals surface area contributed by atoms with Gasteiger partial charge < -0.3 is 10.1 Å². The summed E-state index contributed by atoms with van der Waals surface area (Å²) in [7, 11) is 0. The highest BCUT2D eigenvalue weighted by Crippen LogP contribution is 2.26. The number of rotatable bonds is 6. The minimum Gasteiger partial charge on any atom is -0.444 e. The Morgan fingerprint density at radius 2 is 2.07 bits per heavy atom. The van der Waals surface area contributed by atoms with E-state index in [0.717, 1.165) is 46.3 Å². The third-order valence-electron chi connectivity index (χ3n) is 4.63. The highest BCUT2D eigenvalue weighted by atomic mass is 16.6. The zero-order valence-corrected chi connectivity index (χ0v) is 18.4. The maximum Gasteiger partial charge on any atom is 0.407 e. The van der Waals surface area contributed by atoms with Crippen molar-refractivity contribution in [2.75, 3.05) is 0 Å². The Morgan fingerprint density at radius 3 is 2.77 bits per heavy atom. The molecule has 3 aromatic rings. The Balaban J connectivity index is 1.80. The summed E-state index contributed by atoms with van der Waals surface area (Å²) >= 11 is 0. The van der Waals surface area contributed by atoms with E-state index in [2.05, 4.69) is 46.6 Å². The summed E-state index contributed by atoms with van der Waals surface area (Å²) in [6.07, 6.45) is 9.66. The number of aromatic nitrogens is 3. The van der Waals surface area contributed by atoms with Gasteiger partial charge in [0, 0.05) is 18.3 Å². The quantitative estimate of drug-likeness (QED) is 0.583. The number of fused-ring (bicyclic) bond motifs is 1. The lowest BCUT2D eigenvalue weighted by Gasteiger charge is -2.20. The van der Waals surface area contributed by atoms with Gasteiger partial charge in [-0.15, -0.1) is 0 Å². The lowest BCUT2D eigenvalue weighted by atomic mass is 10.0. The monoisotopic (exact) mass is 406 g/mol. The Morgan fingerprint density at radius 1 is 1.27 bits per heavy atom. The van der Waals surface area contributed by atoms with Crippen LogP contribution in [0.5, 0.6) is 0 Å². The average Bonchev–Trinajstić information content (AvgIpc) is 3.08. The molecule has 0 fully saturated rings. The van der Waals surface area contributed by atoms with E-state index >= 15 is 0 Å². The number of alkyl carbamates (subject to hydrolysis) is 1. The first kappa shape index (κ1) is 21.6. The smallest absolute Gasteiger partial charge is 0.407 e. The van der Waals surface area contributed by atoms with Gasteiger partial charge in [-0.05, 0) is 62.9 Å². The van der Waals surface area contributed by atoms with Gasteiger partial charge >= 0.3 is 6.09 Å². The van der Waals surface area contributed by atoms with Gasteiger partial charge in [-0.1, -0.05) is 37.6 Å². The molecule has 0 aliphatic heterocycles. The summed E-state index contributed by atoms with van der Waals surface area (Å²) < 4.78 is 7.17. The molecule has 30 heavy (non-hydrogen) atoms. The second-order valence-electron chi connectivity index (χ2n) is 8.40. The molecule has 1 N–H and O–H groups in total. The standard InChI is InChI=1S/C24H30N4O2/c1-6-7-8-9-18-13-21-22(26-16-27-28(21)15-18)19-10-11-20(17(2)12-19)14-25-23(29)30-24(3,4)5/h8-13,15-16H,6-7,14H2,1-5H3,(H,25,29)/b9-8+. The van der Waals surface area contributed by atoms with E-state index in [4.69, 9.17) is 4.74 Å². The summed E-state index contributed by atoms with van der Waals surface area (Å²) in [5.74, 6) is 0. The number of carbonyl (C=O) groups excluding carboxylic acids is 1. The number of benzene rings is 1. The Hall–Kier alpha value is -3.15. The maximum atomic E-state index is 11.9. The first-order chi connectivity index (χ1) is 14.3. The molecule has 2 heterocycles. The van der Waals surface area contributed by atoms with Crippen molar-refractivity contribution in [3.63, 3.8) is 0 Å². The highest BCUT2D eigenvalue weighted by molar-refractivity contribution is 5.79. The molecule has 1 amide bonds. The van der Waals surface area contributed by atoms with Gasteiger partial charge in [-0.2, -0.15) is 5.10 Å². The molecule has 3 rings (SSSR count). The molecule has 0 saturated carbocycles. The molecule has 0 radical (unpaired) electrons. The van der Waals surface area contributed by atoms with Crippen molar-refractivity contribution in [3.8, 4) is 11.3 Å². The predicted molar refractivity (Wildman–Crippen MR) is 120 cm³/mol. The van der Waals surface area contributed by atoms with E-state index in [1.54, 1.807) is 6.33 Å². The van der Waals surface area contributed by atoms with Crippen molar-refractivity contribution < 1.29 is 9.53 Å². The molecule has 0 aliphatic carbocycles. The zero-order chi connectivity index (χ0) is 21.7. The first-order valence-electron chi connectivity index (χ1n) is 10.3. The average molecular weight is 407 g/mol. The minimum atomic E-state index is -0.511. The molecule has 158 valence electrons. The van der Waals surface area contributed by atoms with Gasteiger partial charge in [0.2, 0.25) is 0 Å². The summed E-state index contributed by atoms with van der Waals surface area (Å²) in [4.78, 5) is 16.4. The summed E-state index contributed by atoms with van der Waals surface area (Å²) in [5.41, 5.74) is 5.58. The van der Waals surface area contributed by atoms with E-state index in [1.807, 2.05) is 50.5 Å². The number of nitrogens with zero attached hydrogens (tertiary/aromatic N) is 3. The summed E-state index contributed by atoms with van der Waals surface area (Å²) in [6, 6.07) is 8.25. The van der Waals surface area contributed by atoms with E-state index < -0.39 is 11.7 Å². The zero-order valence-electron chi connectivity index (χ0n) is 18.4. The molecule has 0 spiro atoms. The van der Waals surface area contributed by atoms with Crippen LogP contribution in [-0.2, 0) is 11.3 Å². The van der Waals surface area contributed by atoms with Crippen molar-refractivity contribution in [3.05, 3.63) is 59.6 Å². The van der Waals surface area contributed by atoms with Crippen molar-refractivity contribution in [2.45, 2.75) is 59.6 Å². The number of hydrogen-bond donors (Lipinski definition) is 1. The number of amides is 1. The van der Waals surface area contributed by atoms with E-state index in [1.165, 1.54) is 0 Å². The van der Waals surface area contributed by atoms with Crippen LogP contribution >= 0.6 is 0 Å². The van der Waals surface area contributed by atoms with Gasteiger partial charge in [0.1, 0.15) is 11.9 Å². The Bertz CT molecular complexity index is 1060. The largest absolute Gasteiger partial charge is 0.444 e. The fourth-order valence-corrected chi connectivity index (χ4v) is 3.17. The Labute approximate surface area is 178 Å². The fourth-order valence-electron chi connectivity index (χ4n) is 3.17. The third-order valence-corrected chi connectivity index (χ3v) is 4.63. The van der Waals surface area contributed by atoms with Crippen LogP contribution in [0.3, 0.4) is 0 Å². The number of carbonyl (C=O) groups is 1. The molecule has 0 bridgehead atoms. The van der Waals surface area contributed by atoms with Crippen molar-refractivity contribution in [1.82, 2.24) is 19.9 Å². The number of allylic oxidation sites excluding steroid dienone is 1. The molecule has 1 aromatic carbocycles. The van der Waals surface area contributed by atoms with Gasteiger partial charge in [0.15, 0.2) is 0 Å². The summed E-state index contributed by atoms with van der Waals surface area (Å²) in [6.45, 7) is 10.2. The topological polar surface area (TPSA) is 68.5 Å². The highest BCUT2D eigenvalue weighted by Gasteiger charge is 2.16. The second-order valence-corrected chi connectivity index (χ2v) is 8.40. The lowest BCUT2D eigenvalue weighted by Crippen LogP contribution is -2.32. The molecular weight excluding hydrogens is 376 g/mol. The molecule has 2 aromatic heterocycles. The number of aryl methyl sites for hydroxylation is 1. The number of hydrogen-bond acceptors (Lipinski definition) is 4. The van der Waals surface area contributed by atoms with Crippen LogP contribution in [0.2, 0.25) is 0 Å². The van der Waals surface area contributed by atoms with Crippen molar-refractivity contribution in [2.24, 2.45) is 0 Å². The Kier molecular flexibility index (Phi) is 6.55. The fraction of sp³-hybridized carbons (Fsp3) is 0.375. The lowest BCUT2D eigenvalue weighted by molar-refractivity contribution is 0.0523. The van der Waals surface area contributed by atoms with Crippen molar-refractivity contribution in [1.29, 1.82) is 0 Å². The van der Waals surface area contributed by atoms with Gasteiger partial charge in [-0.3, -0.25) is 0 Å². The maximum absolute atomic E-state index is 11.9.